The number of rotatable bonds is 13. The lowest BCUT2D eigenvalue weighted by molar-refractivity contribution is -0.140. The zero-order valence-electron chi connectivity index (χ0n) is 24.3. The highest BCUT2D eigenvalue weighted by atomic mass is 32.2. The molecule has 9 heteroatoms. The van der Waals surface area contributed by atoms with E-state index in [2.05, 4.69) is 5.32 Å². The van der Waals surface area contributed by atoms with Gasteiger partial charge in [0.25, 0.3) is 10.0 Å². The van der Waals surface area contributed by atoms with E-state index < -0.39 is 40.2 Å². The van der Waals surface area contributed by atoms with E-state index in [-0.39, 0.29) is 35.0 Å². The van der Waals surface area contributed by atoms with Gasteiger partial charge in [-0.3, -0.25) is 13.9 Å². The molecule has 0 aromatic heterocycles. The van der Waals surface area contributed by atoms with Crippen LogP contribution in [0.4, 0.5) is 10.1 Å². The summed E-state index contributed by atoms with van der Waals surface area (Å²) in [5, 5.41) is 2.92. The fourth-order valence-corrected chi connectivity index (χ4v) is 6.06. The van der Waals surface area contributed by atoms with Gasteiger partial charge in [0.1, 0.15) is 18.4 Å². The summed E-state index contributed by atoms with van der Waals surface area (Å²) >= 11 is 0. The fraction of sp³-hybridized carbons (Fsp3) is 0.235. The van der Waals surface area contributed by atoms with Crippen molar-refractivity contribution in [1.29, 1.82) is 0 Å². The van der Waals surface area contributed by atoms with Gasteiger partial charge in [0.15, 0.2) is 0 Å². The van der Waals surface area contributed by atoms with Gasteiger partial charge in [-0.25, -0.2) is 12.8 Å². The van der Waals surface area contributed by atoms with Crippen molar-refractivity contribution in [2.45, 2.75) is 37.8 Å². The summed E-state index contributed by atoms with van der Waals surface area (Å²) in [7, 11) is -4.18. The molecule has 4 aromatic rings. The lowest BCUT2D eigenvalue weighted by Gasteiger charge is -2.34. The number of nitrogens with one attached hydrogen (secondary N) is 1. The Kier molecular flexibility index (Phi) is 10.7. The van der Waals surface area contributed by atoms with Crippen molar-refractivity contribution in [3.05, 3.63) is 132 Å². The number of benzene rings is 4. The molecule has 0 aliphatic rings. The molecule has 0 aliphatic carbocycles. The standard InChI is InChI=1S/C34H36FN3O4S/c1-26(2)23-36-34(40)32(22-27-14-6-3-7-15-27)37(24-28-16-12-13-21-31(28)35)33(39)25-38(29-17-8-4-9-18-29)43(41,42)30-19-10-5-11-20-30/h3-21,26,32H,22-25H2,1-2H3,(H,36,40)/t32-/m0/s1. The van der Waals surface area contributed by atoms with Crippen molar-refractivity contribution < 1.29 is 22.4 Å². The summed E-state index contributed by atoms with van der Waals surface area (Å²) in [6, 6.07) is 30.4. The van der Waals surface area contributed by atoms with Crippen molar-refractivity contribution in [3.63, 3.8) is 0 Å². The van der Waals surface area contributed by atoms with Crippen LogP contribution in [0.15, 0.2) is 120 Å². The first-order valence-electron chi connectivity index (χ1n) is 14.1. The van der Waals surface area contributed by atoms with Gasteiger partial charge in [0, 0.05) is 25.1 Å². The molecule has 0 radical (unpaired) electrons. The highest BCUT2D eigenvalue weighted by Crippen LogP contribution is 2.25. The minimum atomic E-state index is -4.18. The van der Waals surface area contributed by atoms with Gasteiger partial charge in [0.2, 0.25) is 11.8 Å². The number of carbonyl (C=O) groups excluding carboxylic acids is 2. The minimum Gasteiger partial charge on any atom is -0.354 e. The molecule has 2 amide bonds. The Morgan fingerprint density at radius 2 is 1.35 bits per heavy atom. The predicted octanol–water partition coefficient (Wildman–Crippen LogP) is 5.43. The molecule has 0 unspecified atom stereocenters. The highest BCUT2D eigenvalue weighted by molar-refractivity contribution is 7.92. The monoisotopic (exact) mass is 601 g/mol. The molecule has 4 aromatic carbocycles. The van der Waals surface area contributed by atoms with Crippen LogP contribution in [0.5, 0.6) is 0 Å². The largest absolute Gasteiger partial charge is 0.354 e. The van der Waals surface area contributed by atoms with Gasteiger partial charge < -0.3 is 10.2 Å². The molecule has 7 nitrogen and oxygen atoms in total. The Morgan fingerprint density at radius 3 is 1.95 bits per heavy atom. The Morgan fingerprint density at radius 1 is 0.791 bits per heavy atom. The molecule has 43 heavy (non-hydrogen) atoms. The van der Waals surface area contributed by atoms with E-state index in [0.29, 0.717) is 6.54 Å². The fourth-order valence-electron chi connectivity index (χ4n) is 4.63. The van der Waals surface area contributed by atoms with Gasteiger partial charge in [-0.15, -0.1) is 0 Å². The van der Waals surface area contributed by atoms with E-state index in [4.69, 9.17) is 0 Å². The third kappa shape index (κ3) is 8.29. The van der Waals surface area contributed by atoms with Crippen molar-refractivity contribution in [3.8, 4) is 0 Å². The van der Waals surface area contributed by atoms with Gasteiger partial charge in [-0.2, -0.15) is 0 Å². The van der Waals surface area contributed by atoms with Crippen LogP contribution < -0.4 is 9.62 Å². The lowest BCUT2D eigenvalue weighted by atomic mass is 10.0. The second-order valence-corrected chi connectivity index (χ2v) is 12.5. The number of sulfonamides is 1. The number of anilines is 1. The number of hydrogen-bond donors (Lipinski definition) is 1. The first-order valence-corrected chi connectivity index (χ1v) is 15.6. The van der Waals surface area contributed by atoms with Crippen LogP contribution in [0, 0.1) is 11.7 Å². The topological polar surface area (TPSA) is 86.8 Å². The third-order valence-electron chi connectivity index (χ3n) is 6.91. The van der Waals surface area contributed by atoms with E-state index in [1.807, 2.05) is 44.2 Å². The number of carbonyl (C=O) groups is 2. The van der Waals surface area contributed by atoms with Crippen LogP contribution in [0.3, 0.4) is 0 Å². The average Bonchev–Trinajstić information content (AvgIpc) is 3.02. The van der Waals surface area contributed by atoms with Crippen LogP contribution in [0.25, 0.3) is 0 Å². The Labute approximate surface area is 253 Å². The van der Waals surface area contributed by atoms with Crippen LogP contribution in [0.1, 0.15) is 25.0 Å². The molecule has 0 saturated carbocycles. The third-order valence-corrected chi connectivity index (χ3v) is 8.70. The molecule has 0 fully saturated rings. The molecular weight excluding hydrogens is 565 g/mol. The highest BCUT2D eigenvalue weighted by Gasteiger charge is 2.35. The molecule has 224 valence electrons. The summed E-state index contributed by atoms with van der Waals surface area (Å²) in [5.74, 6) is -1.42. The smallest absolute Gasteiger partial charge is 0.264 e. The van der Waals surface area contributed by atoms with E-state index in [9.17, 15) is 22.4 Å². The molecule has 0 bridgehead atoms. The van der Waals surface area contributed by atoms with E-state index in [0.717, 1.165) is 9.87 Å². The summed E-state index contributed by atoms with van der Waals surface area (Å²) in [5.41, 5.74) is 1.30. The summed E-state index contributed by atoms with van der Waals surface area (Å²) in [6.07, 6.45) is 0.154. The Hall–Kier alpha value is -4.50. The molecule has 0 spiro atoms. The lowest BCUT2D eigenvalue weighted by Crippen LogP contribution is -2.53. The van der Waals surface area contributed by atoms with Gasteiger partial charge in [-0.05, 0) is 41.8 Å². The Balaban J connectivity index is 1.78. The Bertz CT molecular complexity index is 1600. The molecule has 1 atom stereocenters. The predicted molar refractivity (Wildman–Crippen MR) is 166 cm³/mol. The second-order valence-electron chi connectivity index (χ2n) is 10.6. The molecule has 1 N–H and O–H groups in total. The van der Waals surface area contributed by atoms with Gasteiger partial charge in [0.05, 0.1) is 10.6 Å². The maximum Gasteiger partial charge on any atom is 0.264 e. The second kappa shape index (κ2) is 14.6. The van der Waals surface area contributed by atoms with Crippen molar-refractivity contribution in [2.75, 3.05) is 17.4 Å². The summed E-state index contributed by atoms with van der Waals surface area (Å²) in [6.45, 7) is 3.47. The number of halogens is 1. The number of nitrogens with zero attached hydrogens (tertiary/aromatic N) is 2. The summed E-state index contributed by atoms with van der Waals surface area (Å²) in [4.78, 5) is 29.3. The molecule has 0 aliphatic heterocycles. The number of amides is 2. The quantitative estimate of drug-likeness (QED) is 0.221. The maximum absolute atomic E-state index is 15.0. The van der Waals surface area contributed by atoms with Crippen LogP contribution in [-0.4, -0.2) is 44.3 Å². The zero-order valence-corrected chi connectivity index (χ0v) is 25.1. The first kappa shape index (κ1) is 31.4. The van der Waals surface area contributed by atoms with E-state index in [1.54, 1.807) is 66.7 Å². The molecular formula is C34H36FN3O4S. The van der Waals surface area contributed by atoms with E-state index in [1.165, 1.54) is 23.1 Å². The van der Waals surface area contributed by atoms with Crippen molar-refractivity contribution in [1.82, 2.24) is 10.2 Å². The van der Waals surface area contributed by atoms with Crippen LogP contribution >= 0.6 is 0 Å². The number of hydrogen-bond acceptors (Lipinski definition) is 4. The minimum absolute atomic E-state index is 0.0165. The number of para-hydroxylation sites is 1. The first-order chi connectivity index (χ1) is 20.7. The van der Waals surface area contributed by atoms with Crippen molar-refractivity contribution >= 4 is 27.5 Å². The molecule has 0 saturated heterocycles. The zero-order chi connectivity index (χ0) is 30.8. The van der Waals surface area contributed by atoms with Crippen LogP contribution in [0.2, 0.25) is 0 Å². The molecule has 4 rings (SSSR count). The molecule has 0 heterocycles. The van der Waals surface area contributed by atoms with E-state index >= 15 is 0 Å². The SMILES string of the molecule is CC(C)CNC(=O)[C@H](Cc1ccccc1)N(Cc1ccccc1F)C(=O)CN(c1ccccc1)S(=O)(=O)c1ccccc1. The summed E-state index contributed by atoms with van der Waals surface area (Å²) < 4.78 is 43.8. The van der Waals surface area contributed by atoms with Crippen molar-refractivity contribution in [2.24, 2.45) is 5.92 Å². The van der Waals surface area contributed by atoms with Gasteiger partial charge >= 0.3 is 0 Å². The average molecular weight is 602 g/mol. The normalized spacial score (nSPS) is 12.0. The maximum atomic E-state index is 15.0. The van der Waals surface area contributed by atoms with Crippen LogP contribution in [-0.2, 0) is 32.6 Å². The van der Waals surface area contributed by atoms with Gasteiger partial charge in [-0.1, -0.05) is 98.8 Å².